The van der Waals surface area contributed by atoms with Crippen LogP contribution in [0.25, 0.3) is 28.2 Å². The molecule has 0 bridgehead atoms. The van der Waals surface area contributed by atoms with Crippen LogP contribution in [0.3, 0.4) is 0 Å². The number of alkyl halides is 3. The number of aliphatic hydroxyl groups is 2. The molecule has 1 atom stereocenters. The molecule has 0 aliphatic carbocycles. The zero-order valence-electron chi connectivity index (χ0n) is 21.2. The Kier molecular flexibility index (Phi) is 9.13. The summed E-state index contributed by atoms with van der Waals surface area (Å²) in [4.78, 5) is 9.18. The first kappa shape index (κ1) is 29.1. The number of hydrogen-bond donors (Lipinski definition) is 4. The highest BCUT2D eigenvalue weighted by atomic mass is 35.5. The maximum atomic E-state index is 12.9. The Labute approximate surface area is 222 Å². The van der Waals surface area contributed by atoms with Gasteiger partial charge in [-0.15, -0.1) is 0 Å². The van der Waals surface area contributed by atoms with E-state index < -0.39 is 18.8 Å². The van der Waals surface area contributed by atoms with Gasteiger partial charge >= 0.3 is 6.18 Å². The second-order valence-corrected chi connectivity index (χ2v) is 9.07. The molecular formula is C25H28ClF3N6O3. The van der Waals surface area contributed by atoms with Gasteiger partial charge in [0.2, 0.25) is 0 Å². The van der Waals surface area contributed by atoms with E-state index in [9.17, 15) is 23.4 Å². The van der Waals surface area contributed by atoms with Crippen LogP contribution >= 0.6 is 11.6 Å². The number of nitrogens with one attached hydrogen (secondary N) is 2. The average Bonchev–Trinajstić information content (AvgIpc) is 3.26. The second-order valence-electron chi connectivity index (χ2n) is 8.66. The van der Waals surface area contributed by atoms with E-state index in [1.54, 1.807) is 32.2 Å². The van der Waals surface area contributed by atoms with Gasteiger partial charge in [-0.1, -0.05) is 11.6 Å². The predicted molar refractivity (Wildman–Crippen MR) is 139 cm³/mol. The van der Waals surface area contributed by atoms with Crippen molar-refractivity contribution < 1.29 is 28.1 Å². The van der Waals surface area contributed by atoms with Gasteiger partial charge in [0.05, 0.1) is 28.2 Å². The minimum Gasteiger partial charge on any atom is -0.512 e. The van der Waals surface area contributed by atoms with Gasteiger partial charge in [-0.05, 0) is 46.0 Å². The molecular weight excluding hydrogens is 525 g/mol. The van der Waals surface area contributed by atoms with E-state index in [0.717, 1.165) is 4.68 Å². The number of halogens is 4. The van der Waals surface area contributed by atoms with Gasteiger partial charge in [0.25, 0.3) is 0 Å². The van der Waals surface area contributed by atoms with Crippen molar-refractivity contribution in [3.8, 4) is 28.4 Å². The van der Waals surface area contributed by atoms with Gasteiger partial charge in [-0.2, -0.15) is 18.3 Å². The van der Waals surface area contributed by atoms with Gasteiger partial charge in [-0.25, -0.2) is 9.97 Å². The van der Waals surface area contributed by atoms with Crippen molar-refractivity contribution in [1.82, 2.24) is 25.1 Å². The maximum absolute atomic E-state index is 12.9. The molecule has 4 N–H and O–H groups in total. The molecule has 13 heteroatoms. The van der Waals surface area contributed by atoms with Crippen LogP contribution in [0.5, 0.6) is 5.75 Å². The molecule has 1 aromatic carbocycles. The first-order valence-corrected chi connectivity index (χ1v) is 11.9. The first-order valence-electron chi connectivity index (χ1n) is 11.5. The Morgan fingerprint density at radius 2 is 1.97 bits per heavy atom. The van der Waals surface area contributed by atoms with Gasteiger partial charge in [-0.3, -0.25) is 4.68 Å². The number of nitrogens with zero attached hydrogens (tertiary/aromatic N) is 4. The SMILES string of the molecule is CNC[C@@H](O)COc1ccc(Cl)c(-c2nc(/C(C(C)=N)=C(\C)O)c(C)c(-c3cnn(CC(F)(F)F)c3)n2)c1. The molecule has 38 heavy (non-hydrogen) atoms. The Balaban J connectivity index is 2.18. The standard InChI is InChI=1S/C25H28ClF3N6O3/c1-13-22(16-8-32-35(10-16)12-25(27,28)29)33-24(34-23(13)21(14(2)30)15(3)36)19-7-18(5-6-20(19)26)38-11-17(37)9-31-4/h5-8,10,17,30-31,36-37H,9,11-12H2,1-4H3/b21-15+,30-14?/t17-/m1/s1. The Hall–Kier alpha value is -3.48. The smallest absolute Gasteiger partial charge is 0.408 e. The number of allylic oxidation sites excluding steroid dienone is 2. The molecule has 0 amide bonds. The Bertz CT molecular complexity index is 1350. The summed E-state index contributed by atoms with van der Waals surface area (Å²) in [5, 5.41) is 35.4. The monoisotopic (exact) mass is 552 g/mol. The van der Waals surface area contributed by atoms with Gasteiger partial charge in [0.15, 0.2) is 5.82 Å². The van der Waals surface area contributed by atoms with Crippen LogP contribution < -0.4 is 10.1 Å². The van der Waals surface area contributed by atoms with Gasteiger partial charge in [0, 0.05) is 35.1 Å². The number of aromatic nitrogens is 4. The number of ether oxygens (including phenoxy) is 1. The predicted octanol–water partition coefficient (Wildman–Crippen LogP) is 4.82. The van der Waals surface area contributed by atoms with Crippen molar-refractivity contribution in [1.29, 1.82) is 5.41 Å². The van der Waals surface area contributed by atoms with Crippen LogP contribution in [-0.2, 0) is 6.54 Å². The minimum atomic E-state index is -4.46. The van der Waals surface area contributed by atoms with E-state index in [2.05, 4.69) is 20.4 Å². The molecule has 0 saturated carbocycles. The number of rotatable bonds is 10. The highest BCUT2D eigenvalue weighted by Crippen LogP contribution is 2.35. The zero-order valence-corrected chi connectivity index (χ0v) is 21.9. The van der Waals surface area contributed by atoms with E-state index in [1.807, 2.05) is 0 Å². The quantitative estimate of drug-likeness (QED) is 0.210. The molecule has 0 aliphatic rings. The summed E-state index contributed by atoms with van der Waals surface area (Å²) in [5.41, 5.74) is 1.70. The number of benzene rings is 1. The highest BCUT2D eigenvalue weighted by Gasteiger charge is 2.29. The maximum Gasteiger partial charge on any atom is 0.408 e. The Morgan fingerprint density at radius 3 is 2.58 bits per heavy atom. The fraction of sp³-hybridized carbons (Fsp3) is 0.360. The van der Waals surface area contributed by atoms with Crippen LogP contribution in [0, 0.1) is 12.3 Å². The van der Waals surface area contributed by atoms with Gasteiger partial charge < -0.3 is 25.7 Å². The summed E-state index contributed by atoms with van der Waals surface area (Å²) >= 11 is 6.48. The third-order valence-electron chi connectivity index (χ3n) is 5.43. The van der Waals surface area contributed by atoms with E-state index in [0.29, 0.717) is 23.4 Å². The summed E-state index contributed by atoms with van der Waals surface area (Å²) < 4.78 is 45.2. The highest BCUT2D eigenvalue weighted by molar-refractivity contribution is 6.33. The van der Waals surface area contributed by atoms with Gasteiger partial charge in [0.1, 0.15) is 30.8 Å². The van der Waals surface area contributed by atoms with Crippen molar-refractivity contribution >= 4 is 22.9 Å². The molecule has 0 unspecified atom stereocenters. The van der Waals surface area contributed by atoms with Crippen molar-refractivity contribution in [2.45, 2.75) is 39.6 Å². The Morgan fingerprint density at radius 1 is 1.26 bits per heavy atom. The largest absolute Gasteiger partial charge is 0.512 e. The second kappa shape index (κ2) is 11.9. The summed E-state index contributed by atoms with van der Waals surface area (Å²) in [6.45, 7) is 3.60. The molecule has 9 nitrogen and oxygen atoms in total. The lowest BCUT2D eigenvalue weighted by molar-refractivity contribution is -0.142. The summed E-state index contributed by atoms with van der Waals surface area (Å²) in [5.74, 6) is 0.309. The average molecular weight is 553 g/mol. The summed E-state index contributed by atoms with van der Waals surface area (Å²) in [6, 6.07) is 4.75. The first-order chi connectivity index (χ1) is 17.8. The van der Waals surface area contributed by atoms with Crippen LogP contribution in [0.4, 0.5) is 13.2 Å². The third kappa shape index (κ3) is 7.09. The van der Waals surface area contributed by atoms with Crippen molar-refractivity contribution in [2.75, 3.05) is 20.2 Å². The molecule has 3 aromatic rings. The number of hydrogen-bond acceptors (Lipinski definition) is 8. The topological polar surface area (TPSA) is 129 Å². The molecule has 0 aliphatic heterocycles. The van der Waals surface area contributed by atoms with Crippen molar-refractivity contribution in [3.05, 3.63) is 52.6 Å². The van der Waals surface area contributed by atoms with Crippen LogP contribution in [-0.4, -0.2) is 68.2 Å². The van der Waals surface area contributed by atoms with Crippen molar-refractivity contribution in [3.63, 3.8) is 0 Å². The normalized spacial score (nSPS) is 13.3. The van der Waals surface area contributed by atoms with E-state index in [4.69, 9.17) is 21.7 Å². The van der Waals surface area contributed by atoms with E-state index >= 15 is 0 Å². The lowest BCUT2D eigenvalue weighted by Gasteiger charge is -2.16. The number of aliphatic hydroxyl groups excluding tert-OH is 2. The summed E-state index contributed by atoms with van der Waals surface area (Å²) in [7, 11) is 1.70. The third-order valence-corrected chi connectivity index (χ3v) is 5.76. The van der Waals surface area contributed by atoms with E-state index in [-0.39, 0.29) is 51.4 Å². The van der Waals surface area contributed by atoms with Crippen LogP contribution in [0.2, 0.25) is 5.02 Å². The minimum absolute atomic E-state index is 0.00908. The molecule has 3 rings (SSSR count). The molecule has 2 heterocycles. The zero-order chi connectivity index (χ0) is 28.2. The van der Waals surface area contributed by atoms with Crippen LogP contribution in [0.15, 0.2) is 36.4 Å². The molecule has 2 aromatic heterocycles. The van der Waals surface area contributed by atoms with E-state index in [1.165, 1.54) is 26.2 Å². The number of likely N-dealkylation sites (N-methyl/N-ethyl adjacent to an activating group) is 1. The fourth-order valence-corrected chi connectivity index (χ4v) is 3.99. The lowest BCUT2D eigenvalue weighted by atomic mass is 9.98. The molecule has 0 spiro atoms. The molecule has 0 saturated heterocycles. The lowest BCUT2D eigenvalue weighted by Crippen LogP contribution is -2.29. The molecule has 0 radical (unpaired) electrons. The molecule has 204 valence electrons. The fourth-order valence-electron chi connectivity index (χ4n) is 3.79. The van der Waals surface area contributed by atoms with Crippen LogP contribution in [0.1, 0.15) is 25.1 Å². The summed E-state index contributed by atoms with van der Waals surface area (Å²) in [6.07, 6.45) is -2.74. The molecule has 0 fully saturated rings. The van der Waals surface area contributed by atoms with Crippen molar-refractivity contribution in [2.24, 2.45) is 0 Å².